The Bertz CT molecular complexity index is 357. The van der Waals surface area contributed by atoms with Crippen LogP contribution in [0.5, 0.6) is 0 Å². The van der Waals surface area contributed by atoms with E-state index in [1.807, 2.05) is 45.0 Å². The van der Waals surface area contributed by atoms with Gasteiger partial charge >= 0.3 is 0 Å². The third-order valence-corrected chi connectivity index (χ3v) is 2.61. The van der Waals surface area contributed by atoms with E-state index in [-0.39, 0.29) is 11.9 Å². The molecule has 3 nitrogen and oxygen atoms in total. The Morgan fingerprint density at radius 1 is 1.28 bits per heavy atom. The molecular weight excluding hydrogens is 226 g/mol. The number of rotatable bonds is 8. The molecule has 100 valence electrons. The minimum absolute atomic E-state index is 0.139. The number of aryl methyl sites for hydroxylation is 1. The molecule has 0 spiro atoms. The van der Waals surface area contributed by atoms with Crippen LogP contribution < -0.4 is 5.32 Å². The molecule has 0 heterocycles. The number of carbonyl (C=O) groups is 1. The van der Waals surface area contributed by atoms with Crippen molar-refractivity contribution in [2.75, 3.05) is 19.7 Å². The molecule has 0 saturated heterocycles. The number of hydrogen-bond donors (Lipinski definition) is 1. The lowest BCUT2D eigenvalue weighted by molar-refractivity contribution is 0.0767. The van der Waals surface area contributed by atoms with E-state index < -0.39 is 0 Å². The summed E-state index contributed by atoms with van der Waals surface area (Å²) in [6.07, 6.45) is 1.21. The maximum absolute atomic E-state index is 11.8. The van der Waals surface area contributed by atoms with Crippen LogP contribution in [0.1, 0.15) is 36.2 Å². The molecule has 0 aliphatic heterocycles. The Morgan fingerprint density at radius 3 is 2.56 bits per heavy atom. The average Bonchev–Trinajstić information content (AvgIpc) is 2.34. The van der Waals surface area contributed by atoms with Crippen LogP contribution in [0.3, 0.4) is 0 Å². The van der Waals surface area contributed by atoms with E-state index in [1.54, 1.807) is 0 Å². The highest BCUT2D eigenvalue weighted by atomic mass is 16.5. The molecule has 0 radical (unpaired) electrons. The van der Waals surface area contributed by atoms with Crippen molar-refractivity contribution in [3.05, 3.63) is 35.4 Å². The summed E-state index contributed by atoms with van der Waals surface area (Å²) in [6, 6.07) is 7.68. The summed E-state index contributed by atoms with van der Waals surface area (Å²) in [5.41, 5.74) is 1.94. The minimum atomic E-state index is 0.139. The van der Waals surface area contributed by atoms with Gasteiger partial charge in [0.2, 0.25) is 0 Å². The molecule has 0 atom stereocenters. The molecule has 0 aromatic heterocycles. The molecule has 18 heavy (non-hydrogen) atoms. The summed E-state index contributed by atoms with van der Waals surface area (Å²) in [5, 5.41) is 3.14. The fourth-order valence-corrected chi connectivity index (χ4v) is 1.56. The van der Waals surface area contributed by atoms with Gasteiger partial charge in [-0.2, -0.15) is 0 Å². The summed E-state index contributed by atoms with van der Waals surface area (Å²) in [6.45, 7) is 8.00. The van der Waals surface area contributed by atoms with Gasteiger partial charge in [-0.15, -0.1) is 0 Å². The molecular formula is C15H23NO2. The molecule has 1 aromatic carbocycles. The number of ketones is 1. The fourth-order valence-electron chi connectivity index (χ4n) is 1.56. The molecule has 1 N–H and O–H groups in total. The van der Waals surface area contributed by atoms with Gasteiger partial charge in [0, 0.05) is 12.2 Å². The van der Waals surface area contributed by atoms with Crippen LogP contribution >= 0.6 is 0 Å². The molecule has 1 rings (SSSR count). The topological polar surface area (TPSA) is 38.3 Å². The average molecular weight is 249 g/mol. The molecule has 0 aliphatic carbocycles. The number of hydrogen-bond acceptors (Lipinski definition) is 3. The zero-order valence-electron chi connectivity index (χ0n) is 11.5. The Labute approximate surface area is 110 Å². The second-order valence-corrected chi connectivity index (χ2v) is 4.74. The summed E-state index contributed by atoms with van der Waals surface area (Å²) < 4.78 is 5.42. The van der Waals surface area contributed by atoms with Gasteiger partial charge in [0.15, 0.2) is 5.78 Å². The summed E-state index contributed by atoms with van der Waals surface area (Å²) in [5.74, 6) is 0.139. The van der Waals surface area contributed by atoms with Crippen molar-refractivity contribution >= 4 is 5.78 Å². The van der Waals surface area contributed by atoms with E-state index in [2.05, 4.69) is 5.32 Å². The predicted octanol–water partition coefficient (Wildman–Crippen LogP) is 2.58. The third kappa shape index (κ3) is 5.94. The van der Waals surface area contributed by atoms with Crippen molar-refractivity contribution in [2.45, 2.75) is 33.3 Å². The van der Waals surface area contributed by atoms with E-state index in [9.17, 15) is 4.79 Å². The number of ether oxygens (including phenoxy) is 1. The van der Waals surface area contributed by atoms with Gasteiger partial charge in [0.05, 0.1) is 12.6 Å². The van der Waals surface area contributed by atoms with Crippen LogP contribution in [0, 0.1) is 6.92 Å². The van der Waals surface area contributed by atoms with Gasteiger partial charge in [0.1, 0.15) is 0 Å². The van der Waals surface area contributed by atoms with Crippen LogP contribution in [0.4, 0.5) is 0 Å². The third-order valence-electron chi connectivity index (χ3n) is 2.61. The lowest BCUT2D eigenvalue weighted by atomic mass is 10.1. The largest absolute Gasteiger partial charge is 0.379 e. The summed E-state index contributed by atoms with van der Waals surface area (Å²) >= 11 is 0. The molecule has 0 fully saturated rings. The highest BCUT2D eigenvalue weighted by Crippen LogP contribution is 2.03. The van der Waals surface area contributed by atoms with Crippen molar-refractivity contribution in [2.24, 2.45) is 0 Å². The van der Waals surface area contributed by atoms with Crippen LogP contribution in [-0.4, -0.2) is 31.6 Å². The standard InChI is InChI=1S/C15H23NO2/c1-12(2)18-10-4-9-16-11-15(17)14-7-5-13(3)6-8-14/h5-8,12,16H,4,9-11H2,1-3H3. The first-order chi connectivity index (χ1) is 8.59. The van der Waals surface area contributed by atoms with E-state index in [0.717, 1.165) is 25.1 Å². The van der Waals surface area contributed by atoms with Crippen LogP contribution in [0.15, 0.2) is 24.3 Å². The Balaban J connectivity index is 2.16. The van der Waals surface area contributed by atoms with Gasteiger partial charge in [-0.1, -0.05) is 29.8 Å². The molecule has 0 saturated carbocycles. The number of benzene rings is 1. The highest BCUT2D eigenvalue weighted by Gasteiger charge is 2.04. The maximum atomic E-state index is 11.8. The van der Waals surface area contributed by atoms with E-state index in [1.165, 1.54) is 5.56 Å². The SMILES string of the molecule is Cc1ccc(C(=O)CNCCCOC(C)C)cc1. The normalized spacial score (nSPS) is 10.9. The first-order valence-electron chi connectivity index (χ1n) is 6.52. The van der Waals surface area contributed by atoms with Crippen molar-refractivity contribution in [3.8, 4) is 0 Å². The zero-order chi connectivity index (χ0) is 13.4. The first-order valence-corrected chi connectivity index (χ1v) is 6.52. The quantitative estimate of drug-likeness (QED) is 0.568. The van der Waals surface area contributed by atoms with Gasteiger partial charge in [0.25, 0.3) is 0 Å². The Morgan fingerprint density at radius 2 is 1.94 bits per heavy atom. The second-order valence-electron chi connectivity index (χ2n) is 4.74. The molecule has 3 heteroatoms. The molecule has 0 amide bonds. The van der Waals surface area contributed by atoms with Gasteiger partial charge in [-0.3, -0.25) is 4.79 Å². The predicted molar refractivity (Wildman–Crippen MR) is 74.1 cm³/mol. The maximum Gasteiger partial charge on any atom is 0.176 e. The minimum Gasteiger partial charge on any atom is -0.379 e. The number of nitrogens with one attached hydrogen (secondary N) is 1. The van der Waals surface area contributed by atoms with Crippen molar-refractivity contribution < 1.29 is 9.53 Å². The lowest BCUT2D eigenvalue weighted by Gasteiger charge is -2.08. The molecule has 0 aliphatic rings. The van der Waals surface area contributed by atoms with Gasteiger partial charge < -0.3 is 10.1 Å². The number of Topliss-reactive ketones (excluding diaryl/α,β-unsaturated/α-hetero) is 1. The second kappa shape index (κ2) is 8.01. The molecule has 0 bridgehead atoms. The Kier molecular flexibility index (Phi) is 6.61. The fraction of sp³-hybridized carbons (Fsp3) is 0.533. The molecule has 0 unspecified atom stereocenters. The van der Waals surface area contributed by atoms with Crippen LogP contribution in [0.25, 0.3) is 0 Å². The smallest absolute Gasteiger partial charge is 0.176 e. The Hall–Kier alpha value is -1.19. The van der Waals surface area contributed by atoms with Crippen molar-refractivity contribution in [3.63, 3.8) is 0 Å². The first kappa shape index (κ1) is 14.9. The monoisotopic (exact) mass is 249 g/mol. The lowest BCUT2D eigenvalue weighted by Crippen LogP contribution is -2.25. The van der Waals surface area contributed by atoms with E-state index >= 15 is 0 Å². The number of carbonyl (C=O) groups excluding carboxylic acids is 1. The zero-order valence-corrected chi connectivity index (χ0v) is 11.5. The molecule has 1 aromatic rings. The van der Waals surface area contributed by atoms with Gasteiger partial charge in [-0.05, 0) is 33.7 Å². The summed E-state index contributed by atoms with van der Waals surface area (Å²) in [4.78, 5) is 11.8. The van der Waals surface area contributed by atoms with E-state index in [4.69, 9.17) is 4.74 Å². The van der Waals surface area contributed by atoms with Crippen LogP contribution in [-0.2, 0) is 4.74 Å². The summed E-state index contributed by atoms with van der Waals surface area (Å²) in [7, 11) is 0. The van der Waals surface area contributed by atoms with Crippen molar-refractivity contribution in [1.82, 2.24) is 5.32 Å². The van der Waals surface area contributed by atoms with Gasteiger partial charge in [-0.25, -0.2) is 0 Å². The van der Waals surface area contributed by atoms with Crippen LogP contribution in [0.2, 0.25) is 0 Å². The van der Waals surface area contributed by atoms with E-state index in [0.29, 0.717) is 6.54 Å². The van der Waals surface area contributed by atoms with Crippen molar-refractivity contribution in [1.29, 1.82) is 0 Å². The highest BCUT2D eigenvalue weighted by molar-refractivity contribution is 5.97.